The van der Waals surface area contributed by atoms with E-state index in [1.807, 2.05) is 17.7 Å². The number of aryl methyl sites for hydroxylation is 1. The van der Waals surface area contributed by atoms with Crippen LogP contribution in [0.3, 0.4) is 0 Å². The molecule has 130 valence electrons. The monoisotopic (exact) mass is 332 g/mol. The van der Waals surface area contributed by atoms with Crippen LogP contribution in [0.1, 0.15) is 24.4 Å². The average molecular weight is 332 g/mol. The summed E-state index contributed by atoms with van der Waals surface area (Å²) in [5.74, 6) is 1.96. The van der Waals surface area contributed by atoms with Gasteiger partial charge in [0.15, 0.2) is 0 Å². The normalized spacial score (nSPS) is 28.5. The minimum absolute atomic E-state index is 0.168. The van der Waals surface area contributed by atoms with E-state index in [4.69, 9.17) is 13.9 Å². The quantitative estimate of drug-likeness (QED) is 0.848. The molecule has 4 heterocycles. The highest BCUT2D eigenvalue weighted by atomic mass is 16.6. The van der Waals surface area contributed by atoms with Crippen LogP contribution >= 0.6 is 0 Å². The van der Waals surface area contributed by atoms with E-state index in [1.165, 1.54) is 0 Å². The van der Waals surface area contributed by atoms with Gasteiger partial charge < -0.3 is 13.9 Å². The number of ether oxygens (including phenoxy) is 2. The molecule has 2 aliphatic heterocycles. The minimum atomic E-state index is -0.219. The van der Waals surface area contributed by atoms with Crippen molar-refractivity contribution in [3.63, 3.8) is 0 Å². The number of rotatable bonds is 4. The second-order valence-electron chi connectivity index (χ2n) is 6.85. The van der Waals surface area contributed by atoms with Crippen molar-refractivity contribution >= 4 is 0 Å². The van der Waals surface area contributed by atoms with E-state index >= 15 is 0 Å². The van der Waals surface area contributed by atoms with Crippen LogP contribution in [0.5, 0.6) is 0 Å². The molecule has 2 atom stereocenters. The lowest BCUT2D eigenvalue weighted by molar-refractivity contribution is -0.0907. The number of hydrogen-bond donors (Lipinski definition) is 0. The largest absolute Gasteiger partial charge is 0.465 e. The van der Waals surface area contributed by atoms with Crippen molar-refractivity contribution in [2.45, 2.75) is 44.6 Å². The van der Waals surface area contributed by atoms with Crippen LogP contribution in [-0.2, 0) is 22.6 Å². The van der Waals surface area contributed by atoms with Gasteiger partial charge >= 0.3 is 0 Å². The summed E-state index contributed by atoms with van der Waals surface area (Å²) >= 11 is 0. The fraction of sp³-hybridized carbons (Fsp3) is 0.647. The van der Waals surface area contributed by atoms with Gasteiger partial charge in [0.05, 0.1) is 32.4 Å². The van der Waals surface area contributed by atoms with E-state index in [2.05, 4.69) is 21.0 Å². The summed E-state index contributed by atoms with van der Waals surface area (Å²) in [5, 5.41) is 4.18. The predicted molar refractivity (Wildman–Crippen MR) is 86.4 cm³/mol. The summed E-state index contributed by atoms with van der Waals surface area (Å²) in [6, 6.07) is 4.07. The Morgan fingerprint density at radius 1 is 1.38 bits per heavy atom. The lowest BCUT2D eigenvalue weighted by Gasteiger charge is -2.31. The average Bonchev–Trinajstić information content (AvgIpc) is 3.25. The first-order chi connectivity index (χ1) is 11.7. The van der Waals surface area contributed by atoms with Gasteiger partial charge in [0.1, 0.15) is 29.8 Å². The van der Waals surface area contributed by atoms with Crippen LogP contribution < -0.4 is 0 Å². The third-order valence-electron chi connectivity index (χ3n) is 4.80. The van der Waals surface area contributed by atoms with Crippen LogP contribution in [0.15, 0.2) is 29.2 Å². The molecule has 2 aliphatic rings. The maximum atomic E-state index is 6.43. The predicted octanol–water partition coefficient (Wildman–Crippen LogP) is 1.63. The van der Waals surface area contributed by atoms with Crippen molar-refractivity contribution in [2.24, 2.45) is 0 Å². The van der Waals surface area contributed by atoms with E-state index in [0.717, 1.165) is 57.1 Å². The van der Waals surface area contributed by atoms with Crippen LogP contribution in [0.4, 0.5) is 0 Å². The van der Waals surface area contributed by atoms with E-state index in [-0.39, 0.29) is 11.7 Å². The van der Waals surface area contributed by atoms with Gasteiger partial charge in [-0.1, -0.05) is 0 Å². The number of hydrogen-bond acceptors (Lipinski definition) is 6. The molecule has 7 heteroatoms. The summed E-state index contributed by atoms with van der Waals surface area (Å²) in [7, 11) is 0. The first-order valence-corrected chi connectivity index (χ1v) is 8.56. The molecule has 0 amide bonds. The van der Waals surface area contributed by atoms with Crippen LogP contribution in [0.25, 0.3) is 0 Å². The van der Waals surface area contributed by atoms with Gasteiger partial charge in [-0.2, -0.15) is 5.10 Å². The fourth-order valence-electron chi connectivity index (χ4n) is 3.69. The Kier molecular flexibility index (Phi) is 4.39. The molecule has 0 saturated carbocycles. The van der Waals surface area contributed by atoms with Crippen LogP contribution in [0, 0.1) is 6.92 Å². The van der Waals surface area contributed by atoms with Gasteiger partial charge in [0.2, 0.25) is 0 Å². The molecular formula is C17H24N4O3. The zero-order chi connectivity index (χ0) is 16.4. The smallest absolute Gasteiger partial charge is 0.137 e. The van der Waals surface area contributed by atoms with Crippen molar-refractivity contribution in [2.75, 3.05) is 26.3 Å². The van der Waals surface area contributed by atoms with E-state index < -0.39 is 0 Å². The Morgan fingerprint density at radius 3 is 3.12 bits per heavy atom. The summed E-state index contributed by atoms with van der Waals surface area (Å²) in [6.07, 6.45) is 5.51. The Morgan fingerprint density at radius 2 is 2.33 bits per heavy atom. The van der Waals surface area contributed by atoms with Crippen molar-refractivity contribution in [1.29, 1.82) is 0 Å². The second-order valence-corrected chi connectivity index (χ2v) is 6.85. The molecule has 0 aromatic carbocycles. The third kappa shape index (κ3) is 3.53. The number of furan rings is 1. The van der Waals surface area contributed by atoms with Crippen molar-refractivity contribution in [3.8, 4) is 0 Å². The molecule has 2 aromatic heterocycles. The van der Waals surface area contributed by atoms with Gasteiger partial charge in [-0.05, 0) is 31.9 Å². The van der Waals surface area contributed by atoms with Crippen molar-refractivity contribution in [3.05, 3.63) is 36.3 Å². The highest BCUT2D eigenvalue weighted by Crippen LogP contribution is 2.34. The summed E-state index contributed by atoms with van der Waals surface area (Å²) in [4.78, 5) is 6.38. The maximum absolute atomic E-state index is 6.43. The standard InChI is InChI=1S/C17H24N4O3/c1-14-2-3-15(23-14)8-20-6-7-22-11-17(10-20)5-4-16(24-17)9-21-13-18-12-19-21/h2-3,12-13,16H,4-11H2,1H3. The summed E-state index contributed by atoms with van der Waals surface area (Å²) in [6.45, 7) is 6.70. The first-order valence-electron chi connectivity index (χ1n) is 8.56. The zero-order valence-corrected chi connectivity index (χ0v) is 14.1. The Bertz CT molecular complexity index is 657. The molecule has 0 bridgehead atoms. The number of aromatic nitrogens is 3. The van der Waals surface area contributed by atoms with Crippen LogP contribution in [-0.4, -0.2) is 57.7 Å². The molecule has 2 saturated heterocycles. The Labute approximate surface area is 141 Å². The molecule has 0 N–H and O–H groups in total. The highest BCUT2D eigenvalue weighted by molar-refractivity contribution is 5.06. The second kappa shape index (κ2) is 6.66. The Hall–Kier alpha value is -1.70. The molecule has 24 heavy (non-hydrogen) atoms. The summed E-state index contributed by atoms with van der Waals surface area (Å²) in [5.41, 5.74) is -0.219. The van der Waals surface area contributed by atoms with Gasteiger partial charge in [-0.25, -0.2) is 4.98 Å². The fourth-order valence-corrected chi connectivity index (χ4v) is 3.69. The molecule has 0 radical (unpaired) electrons. The van der Waals surface area contributed by atoms with E-state index in [0.29, 0.717) is 6.61 Å². The molecule has 7 nitrogen and oxygen atoms in total. The van der Waals surface area contributed by atoms with E-state index in [1.54, 1.807) is 12.7 Å². The zero-order valence-electron chi connectivity index (χ0n) is 14.1. The SMILES string of the molecule is Cc1ccc(CN2CCOCC3(CCC(Cn4cncn4)O3)C2)o1. The molecular weight excluding hydrogens is 308 g/mol. The van der Waals surface area contributed by atoms with E-state index in [9.17, 15) is 0 Å². The molecule has 4 rings (SSSR count). The molecule has 0 aliphatic carbocycles. The van der Waals surface area contributed by atoms with Crippen molar-refractivity contribution in [1.82, 2.24) is 19.7 Å². The lowest BCUT2D eigenvalue weighted by Crippen LogP contribution is -2.44. The highest BCUT2D eigenvalue weighted by Gasteiger charge is 2.43. The molecule has 2 unspecified atom stereocenters. The third-order valence-corrected chi connectivity index (χ3v) is 4.80. The maximum Gasteiger partial charge on any atom is 0.137 e. The molecule has 1 spiro atoms. The van der Waals surface area contributed by atoms with Gasteiger partial charge in [0.25, 0.3) is 0 Å². The van der Waals surface area contributed by atoms with Gasteiger partial charge in [0, 0.05) is 13.1 Å². The summed E-state index contributed by atoms with van der Waals surface area (Å²) < 4.78 is 19.9. The van der Waals surface area contributed by atoms with Crippen LogP contribution in [0.2, 0.25) is 0 Å². The van der Waals surface area contributed by atoms with Gasteiger partial charge in [-0.3, -0.25) is 9.58 Å². The Balaban J connectivity index is 1.40. The minimum Gasteiger partial charge on any atom is -0.465 e. The van der Waals surface area contributed by atoms with Crippen molar-refractivity contribution < 1.29 is 13.9 Å². The van der Waals surface area contributed by atoms with Gasteiger partial charge in [-0.15, -0.1) is 0 Å². The molecule has 2 fully saturated rings. The lowest BCUT2D eigenvalue weighted by atomic mass is 10.00. The first kappa shape index (κ1) is 15.8. The molecule has 2 aromatic rings. The topological polar surface area (TPSA) is 65.5 Å². The number of nitrogens with zero attached hydrogens (tertiary/aromatic N) is 4.